The van der Waals surface area contributed by atoms with Crippen LogP contribution in [-0.4, -0.2) is 41.8 Å². The molecular formula is C25H30F2N4O3. The number of rotatable bonds is 6. The number of hydrogen-bond acceptors (Lipinski definition) is 4. The van der Waals surface area contributed by atoms with Crippen LogP contribution in [0.25, 0.3) is 0 Å². The van der Waals surface area contributed by atoms with Crippen LogP contribution in [0.15, 0.2) is 42.5 Å². The van der Waals surface area contributed by atoms with Crippen molar-refractivity contribution in [1.29, 1.82) is 0 Å². The molecule has 1 aliphatic rings. The Morgan fingerprint density at radius 2 is 1.65 bits per heavy atom. The van der Waals surface area contributed by atoms with Crippen LogP contribution in [0.2, 0.25) is 0 Å². The number of halogens is 2. The number of nitrogens with one attached hydrogen (secondary N) is 3. The average Bonchev–Trinajstić information content (AvgIpc) is 3.17. The van der Waals surface area contributed by atoms with Crippen LogP contribution < -0.4 is 16.0 Å². The highest BCUT2D eigenvalue weighted by molar-refractivity contribution is 6.00. The highest BCUT2D eigenvalue weighted by Crippen LogP contribution is 2.37. The normalized spacial score (nSPS) is 17.0. The molecule has 7 nitrogen and oxygen atoms in total. The number of benzene rings is 2. The Morgan fingerprint density at radius 3 is 2.24 bits per heavy atom. The van der Waals surface area contributed by atoms with E-state index in [-0.39, 0.29) is 12.5 Å². The van der Waals surface area contributed by atoms with E-state index in [4.69, 9.17) is 0 Å². The molecule has 1 aliphatic heterocycles. The zero-order valence-corrected chi connectivity index (χ0v) is 19.9. The quantitative estimate of drug-likeness (QED) is 0.603. The van der Waals surface area contributed by atoms with Gasteiger partial charge in [-0.05, 0) is 42.6 Å². The van der Waals surface area contributed by atoms with Gasteiger partial charge in [-0.1, -0.05) is 51.1 Å². The molecule has 0 aliphatic carbocycles. The van der Waals surface area contributed by atoms with Gasteiger partial charge in [0, 0.05) is 6.54 Å². The van der Waals surface area contributed by atoms with Crippen LogP contribution in [0.4, 0.5) is 14.5 Å². The fourth-order valence-electron chi connectivity index (χ4n) is 3.90. The molecule has 0 saturated heterocycles. The summed E-state index contributed by atoms with van der Waals surface area (Å²) < 4.78 is 28.4. The van der Waals surface area contributed by atoms with Crippen LogP contribution in [0, 0.1) is 17.0 Å². The van der Waals surface area contributed by atoms with E-state index >= 15 is 0 Å². The summed E-state index contributed by atoms with van der Waals surface area (Å²) in [6.45, 7) is 7.23. The average molecular weight is 473 g/mol. The first kappa shape index (κ1) is 25.3. The number of likely N-dealkylation sites (N-methyl/N-ethyl adjacent to an activating group) is 1. The molecule has 9 heteroatoms. The number of anilines is 1. The zero-order chi connectivity index (χ0) is 25.2. The summed E-state index contributed by atoms with van der Waals surface area (Å²) >= 11 is 0. The molecule has 182 valence electrons. The lowest BCUT2D eigenvalue weighted by Crippen LogP contribution is -2.57. The van der Waals surface area contributed by atoms with Crippen molar-refractivity contribution in [3.8, 4) is 0 Å². The maximum Gasteiger partial charge on any atom is 0.252 e. The van der Waals surface area contributed by atoms with E-state index in [0.29, 0.717) is 5.56 Å². The summed E-state index contributed by atoms with van der Waals surface area (Å²) in [6.07, 6.45) is 0. The molecule has 34 heavy (non-hydrogen) atoms. The van der Waals surface area contributed by atoms with E-state index in [2.05, 4.69) is 16.0 Å². The van der Waals surface area contributed by atoms with Crippen LogP contribution in [0.1, 0.15) is 44.9 Å². The first-order chi connectivity index (χ1) is 16.0. The third kappa shape index (κ3) is 5.09. The van der Waals surface area contributed by atoms with E-state index in [9.17, 15) is 23.2 Å². The monoisotopic (exact) mass is 472 g/mol. The number of carbonyl (C=O) groups excluding carboxylic acids is 3. The summed E-state index contributed by atoms with van der Waals surface area (Å²) in [6, 6.07) is 7.71. The lowest BCUT2D eigenvalue weighted by atomic mass is 9.85. The van der Waals surface area contributed by atoms with Gasteiger partial charge in [-0.2, -0.15) is 0 Å². The molecule has 0 fully saturated rings. The van der Waals surface area contributed by atoms with Gasteiger partial charge in [0.1, 0.15) is 29.4 Å². The van der Waals surface area contributed by atoms with E-state index in [0.717, 1.165) is 17.7 Å². The van der Waals surface area contributed by atoms with Crippen molar-refractivity contribution in [3.05, 3.63) is 65.2 Å². The van der Waals surface area contributed by atoms with Crippen molar-refractivity contribution >= 4 is 23.4 Å². The second kappa shape index (κ2) is 9.89. The van der Waals surface area contributed by atoms with Gasteiger partial charge in [0.15, 0.2) is 0 Å². The van der Waals surface area contributed by atoms with E-state index in [1.165, 1.54) is 11.0 Å². The number of para-hydroxylation sites is 1. The van der Waals surface area contributed by atoms with Crippen molar-refractivity contribution < 1.29 is 23.2 Å². The number of hydrogen-bond donors (Lipinski definition) is 3. The molecule has 3 N–H and O–H groups in total. The number of amides is 3. The minimum atomic E-state index is -1.12. The molecule has 0 radical (unpaired) electrons. The van der Waals surface area contributed by atoms with E-state index < -0.39 is 52.7 Å². The first-order valence-electron chi connectivity index (χ1n) is 11.1. The maximum absolute atomic E-state index is 14.2. The zero-order valence-electron chi connectivity index (χ0n) is 19.9. The predicted molar refractivity (Wildman–Crippen MR) is 125 cm³/mol. The molecule has 2 aromatic rings. The summed E-state index contributed by atoms with van der Waals surface area (Å²) in [5, 5.41) is 7.94. The molecule has 0 bridgehead atoms. The second-order valence-corrected chi connectivity index (χ2v) is 9.47. The Bertz CT molecular complexity index is 1080. The van der Waals surface area contributed by atoms with Gasteiger partial charge in [0.2, 0.25) is 11.8 Å². The lowest BCUT2D eigenvalue weighted by molar-refractivity contribution is -0.144. The molecule has 3 unspecified atom stereocenters. The molecule has 1 heterocycles. The summed E-state index contributed by atoms with van der Waals surface area (Å²) in [5.74, 6) is -3.40. The first-order valence-corrected chi connectivity index (χ1v) is 11.1. The Morgan fingerprint density at radius 1 is 1.03 bits per heavy atom. The molecule has 3 rings (SSSR count). The highest BCUT2D eigenvalue weighted by atomic mass is 19.1. The molecule has 0 aromatic heterocycles. The summed E-state index contributed by atoms with van der Waals surface area (Å²) in [5.41, 5.74) is 0.0567. The third-order valence-corrected chi connectivity index (χ3v) is 5.97. The summed E-state index contributed by atoms with van der Waals surface area (Å²) in [7, 11) is 1.64. The Labute approximate surface area is 197 Å². The molecule has 3 amide bonds. The van der Waals surface area contributed by atoms with Gasteiger partial charge in [0.25, 0.3) is 5.91 Å². The third-order valence-electron chi connectivity index (χ3n) is 5.97. The lowest BCUT2D eigenvalue weighted by Gasteiger charge is -2.36. The minimum absolute atomic E-state index is 0.122. The smallest absolute Gasteiger partial charge is 0.252 e. The largest absolute Gasteiger partial charge is 0.342 e. The van der Waals surface area contributed by atoms with E-state index in [1.54, 1.807) is 38.2 Å². The molecular weight excluding hydrogens is 442 g/mol. The van der Waals surface area contributed by atoms with Crippen molar-refractivity contribution in [3.63, 3.8) is 0 Å². The number of nitrogens with zero attached hydrogens (tertiary/aromatic N) is 1. The Hall–Kier alpha value is -3.33. The number of carbonyl (C=O) groups is 3. The van der Waals surface area contributed by atoms with Gasteiger partial charge in [-0.3, -0.25) is 14.4 Å². The predicted octanol–water partition coefficient (Wildman–Crippen LogP) is 3.13. The standard InChI is InChI=1S/C25H30F2N4O3/c1-14(28-5)22(32)30-21(25(2,3)4)24(34)31-13-15-9-6-7-10-16(15)20(31)23(33)29-19-17(26)11-8-12-18(19)27/h6-12,14,20-21,28H,13H2,1-5H3,(H,29,33)(H,30,32). The van der Waals surface area contributed by atoms with Crippen molar-refractivity contribution in [2.24, 2.45) is 5.41 Å². The SMILES string of the molecule is CNC(C)C(=O)NC(C(=O)N1Cc2ccccc2C1C(=O)Nc1c(F)cccc1F)C(C)(C)C. The van der Waals surface area contributed by atoms with Crippen molar-refractivity contribution in [2.45, 2.75) is 52.4 Å². The van der Waals surface area contributed by atoms with Gasteiger partial charge in [0.05, 0.1) is 6.04 Å². The van der Waals surface area contributed by atoms with Gasteiger partial charge in [-0.25, -0.2) is 8.78 Å². The number of fused-ring (bicyclic) bond motifs is 1. The highest BCUT2D eigenvalue weighted by Gasteiger charge is 2.44. The van der Waals surface area contributed by atoms with Crippen molar-refractivity contribution in [1.82, 2.24) is 15.5 Å². The van der Waals surface area contributed by atoms with Crippen molar-refractivity contribution in [2.75, 3.05) is 12.4 Å². The van der Waals surface area contributed by atoms with E-state index in [1.807, 2.05) is 20.8 Å². The Balaban J connectivity index is 1.97. The van der Waals surface area contributed by atoms with Gasteiger partial charge < -0.3 is 20.9 Å². The fraction of sp³-hybridized carbons (Fsp3) is 0.400. The molecule has 0 saturated carbocycles. The topological polar surface area (TPSA) is 90.5 Å². The minimum Gasteiger partial charge on any atom is -0.342 e. The summed E-state index contributed by atoms with van der Waals surface area (Å²) in [4.78, 5) is 41.0. The Kier molecular flexibility index (Phi) is 7.35. The van der Waals surface area contributed by atoms with Crippen LogP contribution >= 0.6 is 0 Å². The van der Waals surface area contributed by atoms with Crippen LogP contribution in [-0.2, 0) is 20.9 Å². The fourth-order valence-corrected chi connectivity index (χ4v) is 3.90. The molecule has 2 aromatic carbocycles. The maximum atomic E-state index is 14.2. The molecule has 3 atom stereocenters. The molecule has 0 spiro atoms. The van der Waals surface area contributed by atoms with Gasteiger partial charge in [-0.15, -0.1) is 0 Å². The van der Waals surface area contributed by atoms with Gasteiger partial charge >= 0.3 is 0 Å². The van der Waals surface area contributed by atoms with Crippen LogP contribution in [0.5, 0.6) is 0 Å². The second-order valence-electron chi connectivity index (χ2n) is 9.47. The van der Waals surface area contributed by atoms with Crippen LogP contribution in [0.3, 0.4) is 0 Å².